The second kappa shape index (κ2) is 4.45. The van der Waals surface area contributed by atoms with Gasteiger partial charge in [0.2, 0.25) is 0 Å². The lowest BCUT2D eigenvalue weighted by atomic mass is 10.1. The molecule has 0 aliphatic rings. The summed E-state index contributed by atoms with van der Waals surface area (Å²) < 4.78 is 18.8. The number of hydrogen-bond acceptors (Lipinski definition) is 2. The van der Waals surface area contributed by atoms with Crippen LogP contribution in [0.5, 0.6) is 0 Å². The van der Waals surface area contributed by atoms with Crippen LogP contribution in [0.25, 0.3) is 11.0 Å². The van der Waals surface area contributed by atoms with E-state index in [2.05, 4.69) is 0 Å². The Hall–Kier alpha value is -1.35. The van der Waals surface area contributed by atoms with Crippen LogP contribution in [0.1, 0.15) is 18.4 Å². The van der Waals surface area contributed by atoms with Gasteiger partial charge in [-0.3, -0.25) is 0 Å². The van der Waals surface area contributed by atoms with Crippen LogP contribution < -0.4 is 5.73 Å². The third-order valence-electron chi connectivity index (χ3n) is 2.55. The summed E-state index contributed by atoms with van der Waals surface area (Å²) in [5, 5.41) is 0.958. The summed E-state index contributed by atoms with van der Waals surface area (Å²) in [7, 11) is 0. The van der Waals surface area contributed by atoms with Crippen molar-refractivity contribution in [3.8, 4) is 0 Å². The molecule has 0 saturated carbocycles. The molecule has 2 nitrogen and oxygen atoms in total. The van der Waals surface area contributed by atoms with E-state index in [1.807, 2.05) is 6.07 Å². The molecule has 0 fully saturated rings. The van der Waals surface area contributed by atoms with Gasteiger partial charge >= 0.3 is 0 Å². The summed E-state index contributed by atoms with van der Waals surface area (Å²) in [6.07, 6.45) is 4.09. The number of benzene rings is 1. The minimum Gasteiger partial charge on any atom is -0.464 e. The van der Waals surface area contributed by atoms with Crippen LogP contribution in [0.4, 0.5) is 4.39 Å². The predicted octanol–water partition coefficient (Wildman–Crippen LogP) is 2.85. The van der Waals surface area contributed by atoms with Crippen molar-refractivity contribution in [2.75, 3.05) is 6.54 Å². The normalized spacial score (nSPS) is 11.1. The highest BCUT2D eigenvalue weighted by Gasteiger charge is 2.09. The van der Waals surface area contributed by atoms with Crippen molar-refractivity contribution in [2.24, 2.45) is 5.73 Å². The average molecular weight is 207 g/mol. The Bertz CT molecular complexity index is 450. The highest BCUT2D eigenvalue weighted by atomic mass is 19.1. The molecular formula is C12H14FNO. The quantitative estimate of drug-likeness (QED) is 0.783. The molecule has 2 rings (SSSR count). The molecule has 80 valence electrons. The number of halogens is 1. The van der Waals surface area contributed by atoms with Crippen molar-refractivity contribution < 1.29 is 8.81 Å². The number of fused-ring (bicyclic) bond motifs is 1. The molecule has 0 radical (unpaired) electrons. The fourth-order valence-electron chi connectivity index (χ4n) is 1.75. The lowest BCUT2D eigenvalue weighted by molar-refractivity contribution is 0.575. The van der Waals surface area contributed by atoms with Gasteiger partial charge in [0.05, 0.1) is 6.26 Å². The zero-order chi connectivity index (χ0) is 10.7. The largest absolute Gasteiger partial charge is 0.464 e. The minimum absolute atomic E-state index is 0.186. The smallest absolute Gasteiger partial charge is 0.139 e. The van der Waals surface area contributed by atoms with Crippen LogP contribution in [-0.2, 0) is 6.42 Å². The molecule has 2 N–H and O–H groups in total. The van der Waals surface area contributed by atoms with Gasteiger partial charge in [-0.05, 0) is 44.0 Å². The standard InChI is InChI=1S/C12H14FNO/c13-11-5-4-9-6-8-15-12(9)10(11)3-1-2-7-14/h4-6,8H,1-3,7,14H2. The molecule has 1 heterocycles. The first-order valence-corrected chi connectivity index (χ1v) is 5.17. The summed E-state index contributed by atoms with van der Waals surface area (Å²) in [5.74, 6) is -0.186. The van der Waals surface area contributed by atoms with Crippen LogP contribution >= 0.6 is 0 Å². The fourth-order valence-corrected chi connectivity index (χ4v) is 1.75. The molecule has 0 atom stereocenters. The summed E-state index contributed by atoms with van der Waals surface area (Å²) >= 11 is 0. The summed E-state index contributed by atoms with van der Waals surface area (Å²) in [6.45, 7) is 0.649. The van der Waals surface area contributed by atoms with Crippen LogP contribution in [0.2, 0.25) is 0 Å². The average Bonchev–Trinajstić information content (AvgIpc) is 2.69. The lowest BCUT2D eigenvalue weighted by Gasteiger charge is -2.03. The van der Waals surface area contributed by atoms with Crippen LogP contribution in [0, 0.1) is 5.82 Å². The molecule has 1 aromatic heterocycles. The first-order valence-electron chi connectivity index (χ1n) is 5.17. The minimum atomic E-state index is -0.186. The number of nitrogens with two attached hydrogens (primary N) is 1. The third kappa shape index (κ3) is 2.02. The van der Waals surface area contributed by atoms with E-state index in [0.29, 0.717) is 24.1 Å². The van der Waals surface area contributed by atoms with E-state index in [-0.39, 0.29) is 5.82 Å². The van der Waals surface area contributed by atoms with Crippen LogP contribution in [0.15, 0.2) is 28.9 Å². The van der Waals surface area contributed by atoms with Crippen LogP contribution in [-0.4, -0.2) is 6.54 Å². The van der Waals surface area contributed by atoms with Gasteiger partial charge in [-0.15, -0.1) is 0 Å². The topological polar surface area (TPSA) is 39.2 Å². The van der Waals surface area contributed by atoms with Gasteiger partial charge in [-0.25, -0.2) is 4.39 Å². The number of hydrogen-bond donors (Lipinski definition) is 1. The fraction of sp³-hybridized carbons (Fsp3) is 0.333. The van der Waals surface area contributed by atoms with E-state index in [1.54, 1.807) is 12.3 Å². The molecule has 2 aromatic rings. The van der Waals surface area contributed by atoms with Gasteiger partial charge < -0.3 is 10.2 Å². The Kier molecular flexibility index (Phi) is 3.02. The van der Waals surface area contributed by atoms with E-state index in [1.165, 1.54) is 6.07 Å². The van der Waals surface area contributed by atoms with Gasteiger partial charge in [0.25, 0.3) is 0 Å². The second-order valence-electron chi connectivity index (χ2n) is 3.61. The first-order chi connectivity index (χ1) is 7.33. The Morgan fingerprint density at radius 3 is 2.87 bits per heavy atom. The maximum absolute atomic E-state index is 13.5. The van der Waals surface area contributed by atoms with E-state index >= 15 is 0 Å². The highest BCUT2D eigenvalue weighted by Crippen LogP contribution is 2.24. The molecule has 3 heteroatoms. The van der Waals surface area contributed by atoms with Crippen LogP contribution in [0.3, 0.4) is 0 Å². The van der Waals surface area contributed by atoms with Crippen molar-refractivity contribution in [3.05, 3.63) is 35.8 Å². The summed E-state index contributed by atoms with van der Waals surface area (Å²) in [6, 6.07) is 5.08. The highest BCUT2D eigenvalue weighted by molar-refractivity contribution is 5.80. The van der Waals surface area contributed by atoms with E-state index in [9.17, 15) is 4.39 Å². The number of rotatable bonds is 4. The van der Waals surface area contributed by atoms with Gasteiger partial charge in [0.15, 0.2) is 0 Å². The molecule has 0 unspecified atom stereocenters. The zero-order valence-corrected chi connectivity index (χ0v) is 8.50. The third-order valence-corrected chi connectivity index (χ3v) is 2.55. The van der Waals surface area contributed by atoms with Crippen molar-refractivity contribution in [3.63, 3.8) is 0 Å². The second-order valence-corrected chi connectivity index (χ2v) is 3.61. The van der Waals surface area contributed by atoms with Gasteiger partial charge in [0, 0.05) is 10.9 Å². The molecule has 0 spiro atoms. The molecule has 0 aliphatic heterocycles. The van der Waals surface area contributed by atoms with Gasteiger partial charge in [0.1, 0.15) is 11.4 Å². The first kappa shape index (κ1) is 10.2. The lowest BCUT2D eigenvalue weighted by Crippen LogP contribution is -2.00. The maximum atomic E-state index is 13.5. The Balaban J connectivity index is 2.30. The summed E-state index contributed by atoms with van der Waals surface area (Å²) in [5.41, 5.74) is 6.75. The number of aryl methyl sites for hydroxylation is 1. The van der Waals surface area contributed by atoms with E-state index in [4.69, 9.17) is 10.2 Å². The van der Waals surface area contributed by atoms with Crippen molar-refractivity contribution in [1.82, 2.24) is 0 Å². The Morgan fingerprint density at radius 2 is 2.07 bits per heavy atom. The van der Waals surface area contributed by atoms with Gasteiger partial charge in [-0.2, -0.15) is 0 Å². The molecule has 0 aliphatic carbocycles. The maximum Gasteiger partial charge on any atom is 0.139 e. The predicted molar refractivity (Wildman–Crippen MR) is 58.2 cm³/mol. The van der Waals surface area contributed by atoms with Gasteiger partial charge in [-0.1, -0.05) is 0 Å². The number of furan rings is 1. The van der Waals surface area contributed by atoms with E-state index < -0.39 is 0 Å². The van der Waals surface area contributed by atoms with Crippen molar-refractivity contribution in [1.29, 1.82) is 0 Å². The monoisotopic (exact) mass is 207 g/mol. The molecular weight excluding hydrogens is 193 g/mol. The SMILES string of the molecule is NCCCCc1c(F)ccc2ccoc12. The molecule has 15 heavy (non-hydrogen) atoms. The van der Waals surface area contributed by atoms with Crippen molar-refractivity contribution >= 4 is 11.0 Å². The Morgan fingerprint density at radius 1 is 1.20 bits per heavy atom. The molecule has 0 saturated heterocycles. The molecule has 1 aromatic carbocycles. The van der Waals surface area contributed by atoms with E-state index in [0.717, 1.165) is 18.2 Å². The Labute approximate surface area is 87.9 Å². The molecule has 0 bridgehead atoms. The zero-order valence-electron chi connectivity index (χ0n) is 8.50. The van der Waals surface area contributed by atoms with Crippen molar-refractivity contribution in [2.45, 2.75) is 19.3 Å². The number of unbranched alkanes of at least 4 members (excludes halogenated alkanes) is 1. The molecule has 0 amide bonds. The summed E-state index contributed by atoms with van der Waals surface area (Å²) in [4.78, 5) is 0.